The van der Waals surface area contributed by atoms with Crippen molar-refractivity contribution in [3.05, 3.63) is 66.5 Å². The van der Waals surface area contributed by atoms with E-state index < -0.39 is 5.92 Å². The maximum atomic E-state index is 12.5. The Kier molecular flexibility index (Phi) is 13.5. The number of pyridine rings is 1. The minimum Gasteiger partial charge on any atom is -0.508 e. The molecular weight excluding hydrogens is 362 g/mol. The van der Waals surface area contributed by atoms with Crippen LogP contribution in [0.15, 0.2) is 60.9 Å². The zero-order chi connectivity index (χ0) is 22.2. The lowest BCUT2D eigenvalue weighted by atomic mass is 9.98. The highest BCUT2D eigenvalue weighted by atomic mass is 16.3. The van der Waals surface area contributed by atoms with Crippen molar-refractivity contribution in [2.75, 3.05) is 11.9 Å². The summed E-state index contributed by atoms with van der Waals surface area (Å²) in [5.41, 5.74) is 7.14. The lowest BCUT2D eigenvalue weighted by Gasteiger charge is -2.16. The minimum atomic E-state index is -0.518. The maximum Gasteiger partial charge on any atom is 0.233 e. The molecule has 3 rings (SSSR count). The fourth-order valence-corrected chi connectivity index (χ4v) is 2.53. The maximum absolute atomic E-state index is 12.5. The average Bonchev–Trinajstić information content (AvgIpc) is 2.78. The minimum absolute atomic E-state index is 0.118. The number of phenols is 1. The average molecular weight is 398 g/mol. The number of nitrogens with zero attached hydrogens (tertiary/aromatic N) is 1. The second kappa shape index (κ2) is 15.1. The molecule has 1 aromatic heterocycles. The van der Waals surface area contributed by atoms with E-state index in [1.807, 2.05) is 65.8 Å². The summed E-state index contributed by atoms with van der Waals surface area (Å²) in [6, 6.07) is 14.1. The van der Waals surface area contributed by atoms with Crippen molar-refractivity contribution >= 4 is 22.4 Å². The number of carbonyl (C=O) groups is 1. The molecule has 0 fully saturated rings. The number of nitrogens with two attached hydrogens (primary N) is 1. The third-order valence-electron chi connectivity index (χ3n) is 3.73. The van der Waals surface area contributed by atoms with E-state index in [0.29, 0.717) is 11.3 Å². The first-order chi connectivity index (χ1) is 14.2. The largest absolute Gasteiger partial charge is 0.508 e. The van der Waals surface area contributed by atoms with E-state index in [1.54, 1.807) is 36.7 Å². The zero-order valence-electron chi connectivity index (χ0n) is 18.4. The van der Waals surface area contributed by atoms with Gasteiger partial charge in [0, 0.05) is 30.0 Å². The Balaban J connectivity index is 0.00000120. The van der Waals surface area contributed by atoms with Crippen molar-refractivity contribution < 1.29 is 9.90 Å². The summed E-state index contributed by atoms with van der Waals surface area (Å²) < 4.78 is 0. The van der Waals surface area contributed by atoms with E-state index in [-0.39, 0.29) is 18.2 Å². The Morgan fingerprint density at radius 2 is 1.69 bits per heavy atom. The summed E-state index contributed by atoms with van der Waals surface area (Å²) in [5, 5.41) is 14.5. The van der Waals surface area contributed by atoms with Crippen LogP contribution in [0.25, 0.3) is 10.8 Å². The lowest BCUT2D eigenvalue weighted by molar-refractivity contribution is -0.117. The Labute approximate surface area is 175 Å². The second-order valence-electron chi connectivity index (χ2n) is 5.31. The van der Waals surface area contributed by atoms with Crippen molar-refractivity contribution in [1.82, 2.24) is 4.98 Å². The molecule has 0 bridgehead atoms. The van der Waals surface area contributed by atoms with Crippen molar-refractivity contribution in [3.8, 4) is 5.75 Å². The van der Waals surface area contributed by atoms with Gasteiger partial charge in [0.2, 0.25) is 5.91 Å². The van der Waals surface area contributed by atoms with Crippen LogP contribution in [0.5, 0.6) is 5.75 Å². The Bertz CT molecular complexity index is 850. The van der Waals surface area contributed by atoms with Gasteiger partial charge in [0.1, 0.15) is 5.75 Å². The third kappa shape index (κ3) is 7.92. The molecule has 0 radical (unpaired) electrons. The molecule has 0 spiro atoms. The topological polar surface area (TPSA) is 88.2 Å². The summed E-state index contributed by atoms with van der Waals surface area (Å²) in [6.07, 6.45) is 3.49. The summed E-state index contributed by atoms with van der Waals surface area (Å²) in [4.78, 5) is 16.6. The van der Waals surface area contributed by atoms with Crippen LogP contribution in [0.1, 0.15) is 53.0 Å². The molecule has 5 heteroatoms. The number of rotatable bonds is 4. The Morgan fingerprint density at radius 3 is 2.31 bits per heavy atom. The molecule has 158 valence electrons. The molecule has 1 unspecified atom stereocenters. The number of aromatic hydroxyl groups is 1. The van der Waals surface area contributed by atoms with Crippen LogP contribution in [0.2, 0.25) is 0 Å². The molecule has 29 heavy (non-hydrogen) atoms. The van der Waals surface area contributed by atoms with Crippen LogP contribution in [-0.4, -0.2) is 22.5 Å². The van der Waals surface area contributed by atoms with Crippen molar-refractivity contribution in [1.29, 1.82) is 0 Å². The molecule has 1 heterocycles. The van der Waals surface area contributed by atoms with E-state index >= 15 is 0 Å². The van der Waals surface area contributed by atoms with Gasteiger partial charge in [0.05, 0.1) is 5.92 Å². The molecule has 5 nitrogen and oxygen atoms in total. The van der Waals surface area contributed by atoms with E-state index in [2.05, 4.69) is 10.3 Å². The molecule has 0 aliphatic heterocycles. The lowest BCUT2D eigenvalue weighted by Crippen LogP contribution is -2.27. The van der Waals surface area contributed by atoms with Gasteiger partial charge in [-0.3, -0.25) is 9.78 Å². The van der Waals surface area contributed by atoms with Gasteiger partial charge >= 0.3 is 0 Å². The highest BCUT2D eigenvalue weighted by Crippen LogP contribution is 2.23. The first-order valence-corrected chi connectivity index (χ1v) is 10.3. The fourth-order valence-electron chi connectivity index (χ4n) is 2.53. The number of carbonyl (C=O) groups excluding carboxylic acids is 1. The number of hydrogen-bond acceptors (Lipinski definition) is 4. The predicted molar refractivity (Wildman–Crippen MR) is 124 cm³/mol. The highest BCUT2D eigenvalue weighted by molar-refractivity contribution is 5.98. The predicted octanol–water partition coefficient (Wildman–Crippen LogP) is 5.70. The van der Waals surface area contributed by atoms with Crippen molar-refractivity contribution in [2.24, 2.45) is 5.73 Å². The highest BCUT2D eigenvalue weighted by Gasteiger charge is 2.19. The van der Waals surface area contributed by atoms with Crippen molar-refractivity contribution in [3.63, 3.8) is 0 Å². The number of fused-ring (bicyclic) bond motifs is 1. The molecule has 2 aromatic carbocycles. The van der Waals surface area contributed by atoms with E-state index in [0.717, 1.165) is 10.8 Å². The standard InChI is InChI=1S/C18H17N3O2.3C2H6/c19-10-17(13-2-1-3-16(22)9-13)18(23)21-15-5-4-14-11-20-7-6-12(14)8-15;3*1-2/h1-9,11,17,22H,10,19H2,(H,21,23);3*1-2H3. The molecular formula is C24H35N3O2. The van der Waals surface area contributed by atoms with Crippen LogP contribution in [0.4, 0.5) is 5.69 Å². The van der Waals surface area contributed by atoms with Crippen LogP contribution >= 0.6 is 0 Å². The van der Waals surface area contributed by atoms with Gasteiger partial charge in [-0.05, 0) is 41.3 Å². The number of phenolic OH excluding ortho intramolecular Hbond substituents is 1. The molecule has 0 saturated carbocycles. The van der Waals surface area contributed by atoms with Gasteiger partial charge in [0.15, 0.2) is 0 Å². The van der Waals surface area contributed by atoms with Crippen molar-refractivity contribution in [2.45, 2.75) is 47.5 Å². The quantitative estimate of drug-likeness (QED) is 0.527. The third-order valence-corrected chi connectivity index (χ3v) is 3.73. The van der Waals surface area contributed by atoms with Crippen LogP contribution in [-0.2, 0) is 4.79 Å². The molecule has 0 aliphatic carbocycles. The van der Waals surface area contributed by atoms with Gasteiger partial charge in [-0.15, -0.1) is 0 Å². The van der Waals surface area contributed by atoms with Gasteiger partial charge in [-0.1, -0.05) is 59.7 Å². The van der Waals surface area contributed by atoms with Gasteiger partial charge in [-0.25, -0.2) is 0 Å². The van der Waals surface area contributed by atoms with E-state index in [4.69, 9.17) is 5.73 Å². The normalized spacial score (nSPS) is 10.2. The molecule has 1 atom stereocenters. The monoisotopic (exact) mass is 397 g/mol. The van der Waals surface area contributed by atoms with Gasteiger partial charge < -0.3 is 16.2 Å². The fraction of sp³-hybridized carbons (Fsp3) is 0.333. The number of hydrogen-bond donors (Lipinski definition) is 3. The number of nitrogens with one attached hydrogen (secondary N) is 1. The molecule has 1 amide bonds. The summed E-state index contributed by atoms with van der Waals surface area (Å²) >= 11 is 0. The van der Waals surface area contributed by atoms with Gasteiger partial charge in [0.25, 0.3) is 0 Å². The molecule has 4 N–H and O–H groups in total. The zero-order valence-corrected chi connectivity index (χ0v) is 18.4. The first-order valence-electron chi connectivity index (χ1n) is 10.3. The van der Waals surface area contributed by atoms with E-state index in [9.17, 15) is 9.90 Å². The summed E-state index contributed by atoms with van der Waals surface area (Å²) in [7, 11) is 0. The number of anilines is 1. The number of benzene rings is 2. The summed E-state index contributed by atoms with van der Waals surface area (Å²) in [6.45, 7) is 12.2. The van der Waals surface area contributed by atoms with Crippen LogP contribution in [0.3, 0.4) is 0 Å². The first kappa shape index (κ1) is 26.1. The SMILES string of the molecule is CC.CC.CC.NCC(C(=O)Nc1ccc2cnccc2c1)c1cccc(O)c1. The van der Waals surface area contributed by atoms with Gasteiger partial charge in [-0.2, -0.15) is 0 Å². The summed E-state index contributed by atoms with van der Waals surface area (Å²) in [5.74, 6) is -0.603. The number of aromatic nitrogens is 1. The van der Waals surface area contributed by atoms with E-state index in [1.165, 1.54) is 0 Å². The molecule has 0 saturated heterocycles. The Morgan fingerprint density at radius 1 is 1.00 bits per heavy atom. The second-order valence-corrected chi connectivity index (χ2v) is 5.31. The molecule has 3 aromatic rings. The smallest absolute Gasteiger partial charge is 0.233 e. The molecule has 0 aliphatic rings. The Hall–Kier alpha value is -2.92. The number of amides is 1. The van der Waals surface area contributed by atoms with Crippen LogP contribution < -0.4 is 11.1 Å². The van der Waals surface area contributed by atoms with Crippen LogP contribution in [0, 0.1) is 0 Å².